The SMILES string of the molecule is CCCCCCCCCCOP(=O)(O)O.Cl[C@H]1[C@H](Cl)[C@@H](Cl)[C@@H](Cl)[C@H](Cl)[C@H]1Cl. The number of rotatable bonds is 10. The zero-order valence-corrected chi connectivity index (χ0v) is 20.7. The Hall–Kier alpha value is 1.85. The smallest absolute Gasteiger partial charge is 0.303 e. The summed E-state index contributed by atoms with van der Waals surface area (Å²) in [6.07, 6.45) is 9.22. The largest absolute Gasteiger partial charge is 0.469 e. The van der Waals surface area contributed by atoms with Gasteiger partial charge >= 0.3 is 7.82 Å². The van der Waals surface area contributed by atoms with Gasteiger partial charge in [-0.3, -0.25) is 4.52 Å². The first-order valence-corrected chi connectivity index (χ1v) is 13.2. The van der Waals surface area contributed by atoms with Gasteiger partial charge in [-0.15, -0.1) is 69.6 Å². The van der Waals surface area contributed by atoms with Crippen LogP contribution < -0.4 is 0 Å². The molecule has 0 aromatic carbocycles. The van der Waals surface area contributed by atoms with Crippen LogP contribution in [0.15, 0.2) is 0 Å². The summed E-state index contributed by atoms with van der Waals surface area (Å²) in [5, 5.41) is -2.62. The van der Waals surface area contributed by atoms with Crippen molar-refractivity contribution in [3.05, 3.63) is 0 Å². The average Bonchev–Trinajstić information content (AvgIpc) is 2.61. The number of unbranched alkanes of at least 4 members (excludes halogenated alkanes) is 7. The van der Waals surface area contributed by atoms with Gasteiger partial charge in [-0.05, 0) is 6.42 Å². The van der Waals surface area contributed by atoms with Crippen LogP contribution in [0.1, 0.15) is 58.3 Å². The Balaban J connectivity index is 0.000000511. The molecule has 4 nitrogen and oxygen atoms in total. The van der Waals surface area contributed by atoms with Gasteiger partial charge in [-0.2, -0.15) is 0 Å². The number of phosphoric ester groups is 1. The van der Waals surface area contributed by atoms with Crippen molar-refractivity contribution in [1.29, 1.82) is 0 Å². The molecule has 1 rings (SSSR count). The third-order valence-electron chi connectivity index (χ3n) is 4.08. The predicted octanol–water partition coefficient (Wildman–Crippen LogP) is 6.88. The zero-order chi connectivity index (χ0) is 21.0. The minimum atomic E-state index is -4.24. The highest BCUT2D eigenvalue weighted by atomic mass is 35.5. The summed E-state index contributed by atoms with van der Waals surface area (Å²) in [5.41, 5.74) is 0. The minimum absolute atomic E-state index is 0.166. The van der Waals surface area contributed by atoms with Crippen LogP contribution in [0.4, 0.5) is 0 Å². The summed E-state index contributed by atoms with van der Waals surface area (Å²) in [4.78, 5) is 16.8. The molecule has 0 spiro atoms. The average molecular weight is 529 g/mol. The molecule has 1 saturated carbocycles. The molecule has 0 saturated heterocycles. The van der Waals surface area contributed by atoms with Crippen LogP contribution in [0.3, 0.4) is 0 Å². The molecule has 1 aliphatic carbocycles. The highest BCUT2D eigenvalue weighted by Gasteiger charge is 2.46. The first-order chi connectivity index (χ1) is 12.5. The highest BCUT2D eigenvalue weighted by Crippen LogP contribution is 2.39. The fourth-order valence-electron chi connectivity index (χ4n) is 2.47. The maximum absolute atomic E-state index is 10.3. The molecule has 0 atom stereocenters. The van der Waals surface area contributed by atoms with Crippen LogP contribution in [-0.2, 0) is 9.09 Å². The summed E-state index contributed by atoms with van der Waals surface area (Å²) in [7, 11) is -4.24. The van der Waals surface area contributed by atoms with E-state index in [1.54, 1.807) is 0 Å². The van der Waals surface area contributed by atoms with E-state index in [9.17, 15) is 4.57 Å². The second kappa shape index (κ2) is 15.6. The molecule has 0 amide bonds. The Labute approximate surface area is 192 Å². The summed E-state index contributed by atoms with van der Waals surface area (Å²) < 4.78 is 14.7. The Morgan fingerprint density at radius 1 is 0.667 bits per heavy atom. The van der Waals surface area contributed by atoms with Crippen LogP contribution >= 0.6 is 77.4 Å². The lowest BCUT2D eigenvalue weighted by molar-refractivity contribution is 0.193. The topological polar surface area (TPSA) is 66.8 Å². The highest BCUT2D eigenvalue weighted by molar-refractivity contribution is 7.46. The number of phosphoric acid groups is 1. The predicted molar refractivity (Wildman–Crippen MR) is 118 cm³/mol. The lowest BCUT2D eigenvalue weighted by atomic mass is 9.97. The van der Waals surface area contributed by atoms with Crippen molar-refractivity contribution in [1.82, 2.24) is 0 Å². The van der Waals surface area contributed by atoms with E-state index in [-0.39, 0.29) is 6.61 Å². The lowest BCUT2D eigenvalue weighted by Crippen LogP contribution is -2.52. The van der Waals surface area contributed by atoms with Crippen LogP contribution in [0.25, 0.3) is 0 Å². The molecule has 27 heavy (non-hydrogen) atoms. The van der Waals surface area contributed by atoms with Crippen molar-refractivity contribution >= 4 is 77.4 Å². The number of halogens is 6. The third kappa shape index (κ3) is 13.0. The Morgan fingerprint density at radius 3 is 1.26 bits per heavy atom. The van der Waals surface area contributed by atoms with E-state index in [0.29, 0.717) is 0 Å². The Morgan fingerprint density at radius 2 is 0.963 bits per heavy atom. The standard InChI is InChI=1S/C10H23O4P.C6H6Cl6/c1-2-3-4-5-6-7-8-9-10-14-15(11,12)13;7-1-2(8)4(10)6(12)5(11)3(1)9/h2-10H2,1H3,(H2,11,12,13);1-6H/t;1-,2-,3-,4+,5+,6+. The van der Waals surface area contributed by atoms with Gasteiger partial charge in [0.1, 0.15) is 0 Å². The second-order valence-corrected chi connectivity index (χ2v) is 10.7. The van der Waals surface area contributed by atoms with E-state index in [0.717, 1.165) is 19.3 Å². The molecule has 0 aromatic heterocycles. The number of hydrogen-bond acceptors (Lipinski definition) is 2. The van der Waals surface area contributed by atoms with Gasteiger partial charge in [0.15, 0.2) is 0 Å². The van der Waals surface area contributed by atoms with Gasteiger partial charge in [-0.25, -0.2) is 4.57 Å². The molecule has 0 unspecified atom stereocenters. The van der Waals surface area contributed by atoms with Gasteiger partial charge in [0.25, 0.3) is 0 Å². The first kappa shape index (κ1) is 28.9. The fraction of sp³-hybridized carbons (Fsp3) is 1.00. The normalized spacial score (nSPS) is 31.3. The van der Waals surface area contributed by atoms with Crippen molar-refractivity contribution in [2.75, 3.05) is 6.61 Å². The summed E-state index contributed by atoms with van der Waals surface area (Å²) >= 11 is 35.3. The van der Waals surface area contributed by atoms with Crippen LogP contribution in [-0.4, -0.2) is 48.7 Å². The summed E-state index contributed by atoms with van der Waals surface area (Å²) in [5.74, 6) is 0. The number of hydrogen-bond donors (Lipinski definition) is 2. The van der Waals surface area contributed by atoms with E-state index >= 15 is 0 Å². The van der Waals surface area contributed by atoms with Gasteiger partial charge in [0.2, 0.25) is 0 Å². The molecule has 2 N–H and O–H groups in total. The van der Waals surface area contributed by atoms with E-state index in [2.05, 4.69) is 11.4 Å². The zero-order valence-electron chi connectivity index (χ0n) is 15.3. The molecular formula is C16H29Cl6O4P. The minimum Gasteiger partial charge on any atom is -0.303 e. The molecule has 0 heterocycles. The maximum Gasteiger partial charge on any atom is 0.469 e. The van der Waals surface area contributed by atoms with Gasteiger partial charge in [0, 0.05) is 0 Å². The van der Waals surface area contributed by atoms with Crippen LogP contribution in [0, 0.1) is 0 Å². The van der Waals surface area contributed by atoms with Crippen molar-refractivity contribution in [2.24, 2.45) is 0 Å². The molecule has 0 radical (unpaired) electrons. The summed E-state index contributed by atoms with van der Waals surface area (Å²) in [6, 6.07) is 0. The first-order valence-electron chi connectivity index (χ1n) is 9.07. The number of alkyl halides is 6. The molecule has 0 bridgehead atoms. The molecule has 164 valence electrons. The van der Waals surface area contributed by atoms with Crippen molar-refractivity contribution in [3.8, 4) is 0 Å². The molecule has 11 heteroatoms. The fourth-order valence-corrected chi connectivity index (χ4v) is 5.17. The van der Waals surface area contributed by atoms with Crippen LogP contribution in [0.2, 0.25) is 0 Å². The van der Waals surface area contributed by atoms with E-state index in [4.69, 9.17) is 79.4 Å². The molecule has 1 fully saturated rings. The monoisotopic (exact) mass is 526 g/mol. The molecule has 0 aromatic rings. The van der Waals surface area contributed by atoms with E-state index < -0.39 is 40.1 Å². The van der Waals surface area contributed by atoms with Crippen molar-refractivity contribution in [2.45, 2.75) is 90.6 Å². The third-order valence-corrected chi connectivity index (χ3v) is 8.63. The van der Waals surface area contributed by atoms with Gasteiger partial charge in [0.05, 0.1) is 38.9 Å². The van der Waals surface area contributed by atoms with E-state index in [1.165, 1.54) is 32.1 Å². The van der Waals surface area contributed by atoms with Gasteiger partial charge < -0.3 is 9.79 Å². The van der Waals surface area contributed by atoms with Gasteiger partial charge in [-0.1, -0.05) is 51.9 Å². The summed E-state index contributed by atoms with van der Waals surface area (Å²) in [6.45, 7) is 2.36. The van der Waals surface area contributed by atoms with Crippen molar-refractivity contribution in [3.63, 3.8) is 0 Å². The molecule has 0 aliphatic heterocycles. The molecular weight excluding hydrogens is 500 g/mol. The maximum atomic E-state index is 10.3. The lowest BCUT2D eigenvalue weighted by Gasteiger charge is -2.37. The Bertz CT molecular complexity index is 369. The van der Waals surface area contributed by atoms with Crippen molar-refractivity contribution < 1.29 is 18.9 Å². The quantitative estimate of drug-likeness (QED) is 0.184. The van der Waals surface area contributed by atoms with Crippen LogP contribution in [0.5, 0.6) is 0 Å². The van der Waals surface area contributed by atoms with E-state index in [1.807, 2.05) is 0 Å². The Kier molecular flexibility index (Phi) is 16.7. The molecule has 1 aliphatic rings. The second-order valence-electron chi connectivity index (χ2n) is 6.47.